The fraction of sp³-hybridized carbons (Fsp3) is 0.600. The number of hydrogen-bond donors (Lipinski definition) is 2. The molecule has 0 amide bonds. The fourth-order valence-corrected chi connectivity index (χ4v) is 5.60. The molecule has 0 heterocycles. The Labute approximate surface area is 131 Å². The number of hydrogen-bond acceptors (Lipinski definition) is 4. The number of sulfonamides is 1. The molecule has 2 unspecified atom stereocenters. The molecule has 1 aliphatic carbocycles. The van der Waals surface area contributed by atoms with Gasteiger partial charge in [0.25, 0.3) is 0 Å². The molecular formula is C15H24N2O2S2. The lowest BCUT2D eigenvalue weighted by Gasteiger charge is -2.20. The summed E-state index contributed by atoms with van der Waals surface area (Å²) in [6, 6.07) is 3.65. The van der Waals surface area contributed by atoms with E-state index in [9.17, 15) is 8.42 Å². The molecule has 1 saturated carbocycles. The van der Waals surface area contributed by atoms with Crippen molar-refractivity contribution in [3.05, 3.63) is 28.8 Å². The Kier molecular flexibility index (Phi) is 5.35. The van der Waals surface area contributed by atoms with E-state index >= 15 is 0 Å². The number of benzene rings is 1. The van der Waals surface area contributed by atoms with Crippen molar-refractivity contribution in [2.45, 2.75) is 55.8 Å². The molecule has 118 valence electrons. The summed E-state index contributed by atoms with van der Waals surface area (Å²) in [4.78, 5) is 0.361. The second-order valence-corrected chi connectivity index (χ2v) is 8.44. The third kappa shape index (κ3) is 3.62. The SMILES string of the molecule is CSC1CCCC1NS(=O)(=O)c1cc(CN)c(C)cc1C. The molecule has 2 rings (SSSR count). The Morgan fingerprint density at radius 3 is 2.62 bits per heavy atom. The van der Waals surface area contributed by atoms with Gasteiger partial charge in [0.05, 0.1) is 4.90 Å². The Bertz CT molecular complexity index is 614. The summed E-state index contributed by atoms with van der Waals surface area (Å²) in [5.41, 5.74) is 8.40. The van der Waals surface area contributed by atoms with Crippen LogP contribution in [0.1, 0.15) is 36.0 Å². The number of thioether (sulfide) groups is 1. The second kappa shape index (κ2) is 6.69. The minimum Gasteiger partial charge on any atom is -0.326 e. The maximum atomic E-state index is 12.7. The highest BCUT2D eigenvalue weighted by atomic mass is 32.2. The first kappa shape index (κ1) is 16.8. The Morgan fingerprint density at radius 1 is 1.29 bits per heavy atom. The van der Waals surface area contributed by atoms with Crippen molar-refractivity contribution in [3.8, 4) is 0 Å². The van der Waals surface area contributed by atoms with Crippen LogP contribution in [0.25, 0.3) is 0 Å². The number of aryl methyl sites for hydroxylation is 2. The highest BCUT2D eigenvalue weighted by Crippen LogP contribution is 2.30. The van der Waals surface area contributed by atoms with Crippen LogP contribution in [0.15, 0.2) is 17.0 Å². The topological polar surface area (TPSA) is 72.2 Å². The Morgan fingerprint density at radius 2 is 2.00 bits per heavy atom. The molecule has 1 aromatic carbocycles. The average molecular weight is 329 g/mol. The zero-order chi connectivity index (χ0) is 15.6. The minimum atomic E-state index is -3.49. The van der Waals surface area contributed by atoms with Gasteiger partial charge in [-0.15, -0.1) is 0 Å². The molecule has 1 fully saturated rings. The molecule has 6 heteroatoms. The van der Waals surface area contributed by atoms with Crippen molar-refractivity contribution >= 4 is 21.8 Å². The largest absolute Gasteiger partial charge is 0.326 e. The normalized spacial score (nSPS) is 22.7. The second-order valence-electron chi connectivity index (χ2n) is 5.68. The van der Waals surface area contributed by atoms with Gasteiger partial charge in [-0.3, -0.25) is 0 Å². The predicted molar refractivity (Wildman–Crippen MR) is 89.1 cm³/mol. The van der Waals surface area contributed by atoms with Crippen LogP contribution >= 0.6 is 11.8 Å². The molecule has 0 radical (unpaired) electrons. The van der Waals surface area contributed by atoms with Crippen LogP contribution in [0.5, 0.6) is 0 Å². The highest BCUT2D eigenvalue weighted by molar-refractivity contribution is 7.99. The first-order valence-electron chi connectivity index (χ1n) is 7.24. The molecule has 4 nitrogen and oxygen atoms in total. The van der Waals surface area contributed by atoms with E-state index in [1.807, 2.05) is 26.2 Å². The van der Waals surface area contributed by atoms with Crippen molar-refractivity contribution in [1.82, 2.24) is 4.72 Å². The van der Waals surface area contributed by atoms with E-state index in [0.717, 1.165) is 36.0 Å². The molecule has 0 bridgehead atoms. The third-order valence-electron chi connectivity index (χ3n) is 4.20. The van der Waals surface area contributed by atoms with Gasteiger partial charge in [-0.25, -0.2) is 13.1 Å². The van der Waals surface area contributed by atoms with Crippen LogP contribution < -0.4 is 10.5 Å². The van der Waals surface area contributed by atoms with Gasteiger partial charge in [-0.2, -0.15) is 11.8 Å². The Balaban J connectivity index is 2.31. The van der Waals surface area contributed by atoms with Gasteiger partial charge in [-0.1, -0.05) is 12.5 Å². The number of nitrogens with two attached hydrogens (primary N) is 1. The molecule has 3 N–H and O–H groups in total. The van der Waals surface area contributed by atoms with Gasteiger partial charge >= 0.3 is 0 Å². The summed E-state index contributed by atoms with van der Waals surface area (Å²) in [5.74, 6) is 0. The zero-order valence-electron chi connectivity index (χ0n) is 12.8. The monoisotopic (exact) mass is 328 g/mol. The quantitative estimate of drug-likeness (QED) is 0.870. The molecule has 2 atom stereocenters. The molecule has 0 aliphatic heterocycles. The van der Waals surface area contributed by atoms with E-state index < -0.39 is 10.0 Å². The molecule has 1 aliphatic rings. The lowest BCUT2D eigenvalue weighted by Crippen LogP contribution is -2.38. The molecular weight excluding hydrogens is 304 g/mol. The first-order chi connectivity index (χ1) is 9.89. The van der Waals surface area contributed by atoms with Gasteiger partial charge in [0.15, 0.2) is 0 Å². The van der Waals surface area contributed by atoms with Gasteiger partial charge < -0.3 is 5.73 Å². The molecule has 0 spiro atoms. The summed E-state index contributed by atoms with van der Waals surface area (Å²) < 4.78 is 28.3. The zero-order valence-corrected chi connectivity index (χ0v) is 14.5. The molecule has 0 aromatic heterocycles. The van der Waals surface area contributed by atoms with Gasteiger partial charge in [0.1, 0.15) is 0 Å². The van der Waals surface area contributed by atoms with Crippen molar-refractivity contribution < 1.29 is 8.42 Å². The third-order valence-corrected chi connectivity index (χ3v) is 7.01. The smallest absolute Gasteiger partial charge is 0.241 e. The van der Waals surface area contributed by atoms with E-state index in [0.29, 0.717) is 16.7 Å². The maximum absolute atomic E-state index is 12.7. The van der Waals surface area contributed by atoms with E-state index in [2.05, 4.69) is 4.72 Å². The summed E-state index contributed by atoms with van der Waals surface area (Å²) in [5, 5.41) is 0.375. The van der Waals surface area contributed by atoms with Crippen LogP contribution in [0.4, 0.5) is 0 Å². The van der Waals surface area contributed by atoms with E-state index in [1.165, 1.54) is 0 Å². The van der Waals surface area contributed by atoms with Crippen molar-refractivity contribution in [2.75, 3.05) is 6.26 Å². The van der Waals surface area contributed by atoms with E-state index in [1.54, 1.807) is 17.8 Å². The van der Waals surface area contributed by atoms with Crippen LogP contribution in [0, 0.1) is 13.8 Å². The Hall–Kier alpha value is -0.560. The number of nitrogens with one attached hydrogen (secondary N) is 1. The molecule has 0 saturated heterocycles. The maximum Gasteiger partial charge on any atom is 0.241 e. The fourth-order valence-electron chi connectivity index (χ4n) is 2.99. The van der Waals surface area contributed by atoms with Crippen molar-refractivity contribution in [2.24, 2.45) is 5.73 Å². The van der Waals surface area contributed by atoms with Gasteiger partial charge in [0.2, 0.25) is 10.0 Å². The number of rotatable bonds is 5. The summed E-state index contributed by atoms with van der Waals surface area (Å²) >= 11 is 1.74. The van der Waals surface area contributed by atoms with Crippen LogP contribution in [0.2, 0.25) is 0 Å². The van der Waals surface area contributed by atoms with Crippen molar-refractivity contribution in [3.63, 3.8) is 0 Å². The molecule has 21 heavy (non-hydrogen) atoms. The van der Waals surface area contributed by atoms with Crippen LogP contribution in [-0.4, -0.2) is 26.0 Å². The predicted octanol–water partition coefficient (Wildman–Crippen LogP) is 2.32. The van der Waals surface area contributed by atoms with Gasteiger partial charge in [-0.05, 0) is 55.7 Å². The minimum absolute atomic E-state index is 0.0343. The summed E-state index contributed by atoms with van der Waals surface area (Å²) in [6.07, 6.45) is 5.12. The summed E-state index contributed by atoms with van der Waals surface area (Å²) in [6.45, 7) is 4.15. The average Bonchev–Trinajstić information content (AvgIpc) is 2.85. The molecule has 1 aromatic rings. The summed E-state index contributed by atoms with van der Waals surface area (Å²) in [7, 11) is -3.49. The van der Waals surface area contributed by atoms with Crippen LogP contribution in [-0.2, 0) is 16.6 Å². The van der Waals surface area contributed by atoms with Crippen LogP contribution in [0.3, 0.4) is 0 Å². The van der Waals surface area contributed by atoms with Crippen molar-refractivity contribution in [1.29, 1.82) is 0 Å². The first-order valence-corrected chi connectivity index (χ1v) is 10.0. The van der Waals surface area contributed by atoms with E-state index in [4.69, 9.17) is 5.73 Å². The standard InChI is InChI=1S/C15H24N2O2S2/c1-10-7-11(2)15(8-12(10)9-16)21(18,19)17-13-5-4-6-14(13)20-3/h7-8,13-14,17H,4-6,9,16H2,1-3H3. The van der Waals surface area contributed by atoms with Gasteiger partial charge in [0, 0.05) is 17.8 Å². The highest BCUT2D eigenvalue weighted by Gasteiger charge is 2.31. The lowest BCUT2D eigenvalue weighted by atomic mass is 10.1. The lowest BCUT2D eigenvalue weighted by molar-refractivity contribution is 0.554. The van der Waals surface area contributed by atoms with E-state index in [-0.39, 0.29) is 6.04 Å².